The number of aliphatic carboxylic acids is 1. The van der Waals surface area contributed by atoms with Crippen LogP contribution in [0.2, 0.25) is 0 Å². The second-order valence-corrected chi connectivity index (χ2v) is 5.08. The SMILES string of the molecule is Cc1cccc(-c2[nH]c3c(F)cccc3c2CC(=O)O)c1. The second kappa shape index (κ2) is 5.05. The lowest BCUT2D eigenvalue weighted by Crippen LogP contribution is -2.01. The van der Waals surface area contributed by atoms with E-state index < -0.39 is 5.97 Å². The highest BCUT2D eigenvalue weighted by molar-refractivity contribution is 5.94. The zero-order valence-corrected chi connectivity index (χ0v) is 11.5. The lowest BCUT2D eigenvalue weighted by atomic mass is 10.0. The van der Waals surface area contributed by atoms with Crippen molar-refractivity contribution < 1.29 is 14.3 Å². The Balaban J connectivity index is 2.30. The summed E-state index contributed by atoms with van der Waals surface area (Å²) in [5, 5.41) is 9.75. The van der Waals surface area contributed by atoms with Gasteiger partial charge < -0.3 is 10.1 Å². The predicted octanol–water partition coefficient (Wildman–Crippen LogP) is 3.91. The molecule has 0 aliphatic carbocycles. The molecule has 1 aromatic heterocycles. The van der Waals surface area contributed by atoms with Crippen LogP contribution in [0.1, 0.15) is 11.1 Å². The molecule has 3 nitrogen and oxygen atoms in total. The minimum atomic E-state index is -0.936. The van der Waals surface area contributed by atoms with E-state index in [4.69, 9.17) is 5.11 Å². The summed E-state index contributed by atoms with van der Waals surface area (Å²) in [4.78, 5) is 14.2. The van der Waals surface area contributed by atoms with Gasteiger partial charge in [-0.3, -0.25) is 4.79 Å². The molecule has 0 saturated carbocycles. The predicted molar refractivity (Wildman–Crippen MR) is 79.8 cm³/mol. The third-order valence-electron chi connectivity index (χ3n) is 3.53. The van der Waals surface area contributed by atoms with E-state index in [9.17, 15) is 9.18 Å². The van der Waals surface area contributed by atoms with Gasteiger partial charge in [0.1, 0.15) is 5.82 Å². The molecule has 1 heterocycles. The van der Waals surface area contributed by atoms with E-state index >= 15 is 0 Å². The van der Waals surface area contributed by atoms with Gasteiger partial charge in [-0.25, -0.2) is 4.39 Å². The minimum Gasteiger partial charge on any atom is -0.481 e. The molecule has 0 aliphatic rings. The number of benzene rings is 2. The molecular formula is C17H14FNO2. The fourth-order valence-electron chi connectivity index (χ4n) is 2.62. The van der Waals surface area contributed by atoms with Crippen LogP contribution in [0.5, 0.6) is 0 Å². The van der Waals surface area contributed by atoms with E-state index in [0.29, 0.717) is 22.2 Å². The normalized spacial score (nSPS) is 11.0. The summed E-state index contributed by atoms with van der Waals surface area (Å²) in [5.41, 5.74) is 3.56. The Morgan fingerprint density at radius 3 is 2.71 bits per heavy atom. The maximum absolute atomic E-state index is 13.9. The fraction of sp³-hybridized carbons (Fsp3) is 0.118. The number of H-pyrrole nitrogens is 1. The van der Waals surface area contributed by atoms with Gasteiger partial charge in [-0.05, 0) is 30.2 Å². The van der Waals surface area contributed by atoms with Crippen LogP contribution < -0.4 is 0 Å². The maximum atomic E-state index is 13.9. The average Bonchev–Trinajstić information content (AvgIpc) is 2.79. The third-order valence-corrected chi connectivity index (χ3v) is 3.53. The molecule has 0 saturated heterocycles. The number of hydrogen-bond acceptors (Lipinski definition) is 1. The number of aromatic amines is 1. The highest BCUT2D eigenvalue weighted by Gasteiger charge is 2.17. The van der Waals surface area contributed by atoms with E-state index in [1.165, 1.54) is 6.07 Å². The number of halogens is 1. The Kier molecular flexibility index (Phi) is 3.22. The summed E-state index contributed by atoms with van der Waals surface area (Å²) in [7, 11) is 0. The maximum Gasteiger partial charge on any atom is 0.307 e. The van der Waals surface area contributed by atoms with Crippen molar-refractivity contribution in [2.24, 2.45) is 0 Å². The van der Waals surface area contributed by atoms with E-state index in [-0.39, 0.29) is 12.2 Å². The molecule has 0 bridgehead atoms. The molecule has 0 fully saturated rings. The van der Waals surface area contributed by atoms with Crippen LogP contribution >= 0.6 is 0 Å². The first kappa shape index (κ1) is 13.4. The number of fused-ring (bicyclic) bond motifs is 1. The third kappa shape index (κ3) is 2.40. The summed E-state index contributed by atoms with van der Waals surface area (Å²) < 4.78 is 13.9. The van der Waals surface area contributed by atoms with Gasteiger partial charge in [0, 0.05) is 5.39 Å². The Bertz CT molecular complexity index is 836. The highest BCUT2D eigenvalue weighted by atomic mass is 19.1. The standard InChI is InChI=1S/C17H14FNO2/c1-10-4-2-5-11(8-10)16-13(9-15(20)21)12-6-3-7-14(18)17(12)19-16/h2-8,19H,9H2,1H3,(H,20,21). The molecule has 0 atom stereocenters. The average molecular weight is 283 g/mol. The topological polar surface area (TPSA) is 53.1 Å². The zero-order chi connectivity index (χ0) is 15.0. The van der Waals surface area contributed by atoms with Crippen LogP contribution in [0, 0.1) is 12.7 Å². The number of carboxylic acids is 1. The summed E-state index contributed by atoms with van der Waals surface area (Å²) in [5.74, 6) is -1.31. The Hall–Kier alpha value is -2.62. The van der Waals surface area contributed by atoms with Crippen molar-refractivity contribution in [3.05, 3.63) is 59.4 Å². The number of aryl methyl sites for hydroxylation is 1. The first-order valence-corrected chi connectivity index (χ1v) is 6.64. The first-order valence-electron chi connectivity index (χ1n) is 6.64. The molecular weight excluding hydrogens is 269 g/mol. The molecule has 0 aliphatic heterocycles. The molecule has 0 unspecified atom stereocenters. The van der Waals surface area contributed by atoms with Crippen LogP contribution in [0.25, 0.3) is 22.2 Å². The fourth-order valence-corrected chi connectivity index (χ4v) is 2.62. The van der Waals surface area contributed by atoms with Crippen molar-refractivity contribution in [2.45, 2.75) is 13.3 Å². The van der Waals surface area contributed by atoms with Gasteiger partial charge in [0.2, 0.25) is 0 Å². The molecule has 0 amide bonds. The Labute approximate surface area is 121 Å². The van der Waals surface area contributed by atoms with Gasteiger partial charge in [0.25, 0.3) is 0 Å². The number of hydrogen-bond donors (Lipinski definition) is 2. The van der Waals surface area contributed by atoms with Gasteiger partial charge in [-0.2, -0.15) is 0 Å². The van der Waals surface area contributed by atoms with Crippen molar-refractivity contribution in [1.29, 1.82) is 0 Å². The van der Waals surface area contributed by atoms with Gasteiger partial charge in [0.15, 0.2) is 0 Å². The van der Waals surface area contributed by atoms with Crippen LogP contribution in [-0.4, -0.2) is 16.1 Å². The van der Waals surface area contributed by atoms with Gasteiger partial charge in [-0.15, -0.1) is 0 Å². The van der Waals surface area contributed by atoms with Crippen molar-refractivity contribution >= 4 is 16.9 Å². The number of aromatic nitrogens is 1. The molecule has 106 valence electrons. The quantitative estimate of drug-likeness (QED) is 0.765. The number of carbonyl (C=O) groups is 1. The van der Waals surface area contributed by atoms with Crippen molar-refractivity contribution in [3.8, 4) is 11.3 Å². The molecule has 2 aromatic carbocycles. The van der Waals surface area contributed by atoms with Crippen LogP contribution in [0.15, 0.2) is 42.5 Å². The van der Waals surface area contributed by atoms with Crippen molar-refractivity contribution in [1.82, 2.24) is 4.98 Å². The van der Waals surface area contributed by atoms with E-state index in [2.05, 4.69) is 4.98 Å². The second-order valence-electron chi connectivity index (χ2n) is 5.08. The minimum absolute atomic E-state index is 0.146. The van der Waals surface area contributed by atoms with Crippen LogP contribution in [-0.2, 0) is 11.2 Å². The monoisotopic (exact) mass is 283 g/mol. The highest BCUT2D eigenvalue weighted by Crippen LogP contribution is 2.32. The molecule has 2 N–H and O–H groups in total. The summed E-state index contributed by atoms with van der Waals surface area (Å²) in [6.45, 7) is 1.96. The number of rotatable bonds is 3. The van der Waals surface area contributed by atoms with Crippen molar-refractivity contribution in [3.63, 3.8) is 0 Å². The van der Waals surface area contributed by atoms with Crippen molar-refractivity contribution in [2.75, 3.05) is 0 Å². The number of carboxylic acid groups (broad SMARTS) is 1. The molecule has 21 heavy (non-hydrogen) atoms. The smallest absolute Gasteiger partial charge is 0.307 e. The zero-order valence-electron chi connectivity index (χ0n) is 11.5. The molecule has 3 rings (SSSR count). The number of nitrogens with one attached hydrogen (secondary N) is 1. The molecule has 3 aromatic rings. The number of para-hydroxylation sites is 1. The van der Waals surface area contributed by atoms with E-state index in [1.807, 2.05) is 31.2 Å². The molecule has 4 heteroatoms. The largest absolute Gasteiger partial charge is 0.481 e. The van der Waals surface area contributed by atoms with Gasteiger partial charge in [0.05, 0.1) is 17.6 Å². The lowest BCUT2D eigenvalue weighted by molar-refractivity contribution is -0.136. The van der Waals surface area contributed by atoms with E-state index in [0.717, 1.165) is 11.1 Å². The Morgan fingerprint density at radius 2 is 2.00 bits per heavy atom. The Morgan fingerprint density at radius 1 is 1.24 bits per heavy atom. The summed E-state index contributed by atoms with van der Waals surface area (Å²) >= 11 is 0. The van der Waals surface area contributed by atoms with Crippen LogP contribution in [0.3, 0.4) is 0 Å². The van der Waals surface area contributed by atoms with E-state index in [1.54, 1.807) is 12.1 Å². The molecule has 0 radical (unpaired) electrons. The summed E-state index contributed by atoms with van der Waals surface area (Å²) in [6, 6.07) is 12.4. The molecule has 0 spiro atoms. The van der Waals surface area contributed by atoms with Gasteiger partial charge in [-0.1, -0.05) is 35.9 Å². The summed E-state index contributed by atoms with van der Waals surface area (Å²) in [6.07, 6.45) is -0.146. The van der Waals surface area contributed by atoms with Gasteiger partial charge >= 0.3 is 5.97 Å². The van der Waals surface area contributed by atoms with Crippen LogP contribution in [0.4, 0.5) is 4.39 Å². The lowest BCUT2D eigenvalue weighted by Gasteiger charge is -2.04. The first-order chi connectivity index (χ1) is 10.1.